The van der Waals surface area contributed by atoms with Crippen LogP contribution in [-0.4, -0.2) is 50.1 Å². The average molecular weight is 368 g/mol. The Morgan fingerprint density at radius 3 is 2.48 bits per heavy atom. The average Bonchev–Trinajstić information content (AvgIpc) is 2.70. The number of nitrogens with zero attached hydrogens (tertiary/aromatic N) is 2. The van der Waals surface area contributed by atoms with Gasteiger partial charge in [0.1, 0.15) is 17.5 Å². The van der Waals surface area contributed by atoms with Crippen LogP contribution in [0, 0.1) is 0 Å². The molecule has 0 N–H and O–H groups in total. The van der Waals surface area contributed by atoms with Gasteiger partial charge in [-0.3, -0.25) is 9.59 Å². The molecule has 1 aliphatic heterocycles. The summed E-state index contributed by atoms with van der Waals surface area (Å²) in [6.07, 6.45) is 0.296. The van der Waals surface area contributed by atoms with Crippen molar-refractivity contribution in [2.24, 2.45) is 0 Å². The van der Waals surface area contributed by atoms with Crippen molar-refractivity contribution in [1.29, 1.82) is 0 Å². The lowest BCUT2D eigenvalue weighted by Crippen LogP contribution is -2.58. The number of rotatable bonds is 5. The monoisotopic (exact) mass is 368 g/mol. The van der Waals surface area contributed by atoms with E-state index in [4.69, 9.17) is 9.47 Å². The Hall–Kier alpha value is -3.02. The van der Waals surface area contributed by atoms with E-state index in [9.17, 15) is 9.59 Å². The van der Waals surface area contributed by atoms with Gasteiger partial charge in [0.15, 0.2) is 0 Å². The van der Waals surface area contributed by atoms with Crippen LogP contribution in [0.2, 0.25) is 0 Å². The predicted octanol–water partition coefficient (Wildman–Crippen LogP) is 2.51. The van der Waals surface area contributed by atoms with Crippen molar-refractivity contribution in [2.45, 2.75) is 19.4 Å². The third-order valence-corrected chi connectivity index (χ3v) is 4.85. The summed E-state index contributed by atoms with van der Waals surface area (Å²) in [6, 6.07) is 14.4. The number of amides is 2. The van der Waals surface area contributed by atoms with Gasteiger partial charge in [-0.2, -0.15) is 0 Å². The highest BCUT2D eigenvalue weighted by molar-refractivity contribution is 6.01. The van der Waals surface area contributed by atoms with Gasteiger partial charge in [-0.15, -0.1) is 0 Å². The third-order valence-electron chi connectivity index (χ3n) is 4.85. The number of piperazine rings is 1. The zero-order valence-electron chi connectivity index (χ0n) is 15.8. The molecular weight excluding hydrogens is 344 g/mol. The van der Waals surface area contributed by atoms with Gasteiger partial charge in [-0.25, -0.2) is 0 Å². The summed E-state index contributed by atoms with van der Waals surface area (Å²) in [5.41, 5.74) is 1.63. The van der Waals surface area contributed by atoms with Crippen molar-refractivity contribution >= 4 is 17.5 Å². The summed E-state index contributed by atoms with van der Waals surface area (Å²) in [4.78, 5) is 29.0. The van der Waals surface area contributed by atoms with Crippen LogP contribution in [0.15, 0.2) is 48.5 Å². The zero-order chi connectivity index (χ0) is 19.4. The Bertz CT molecular complexity index is 822. The van der Waals surface area contributed by atoms with Crippen LogP contribution in [-0.2, 0) is 16.0 Å². The number of anilines is 1. The topological polar surface area (TPSA) is 59.1 Å². The van der Waals surface area contributed by atoms with Crippen molar-refractivity contribution in [2.75, 3.05) is 32.2 Å². The lowest BCUT2D eigenvalue weighted by Gasteiger charge is -2.39. The summed E-state index contributed by atoms with van der Waals surface area (Å²) in [6.45, 7) is 2.67. The molecule has 1 heterocycles. The van der Waals surface area contributed by atoms with Crippen LogP contribution >= 0.6 is 0 Å². The van der Waals surface area contributed by atoms with Crippen molar-refractivity contribution in [3.05, 3.63) is 54.1 Å². The Labute approximate surface area is 159 Å². The quantitative estimate of drug-likeness (QED) is 0.814. The summed E-state index contributed by atoms with van der Waals surface area (Å²) in [7, 11) is 3.14. The molecule has 0 aromatic heterocycles. The van der Waals surface area contributed by atoms with Gasteiger partial charge in [-0.1, -0.05) is 30.3 Å². The minimum Gasteiger partial charge on any atom is -0.497 e. The Balaban J connectivity index is 1.76. The molecule has 27 heavy (non-hydrogen) atoms. The number of benzene rings is 2. The smallest absolute Gasteiger partial charge is 0.249 e. The van der Waals surface area contributed by atoms with Gasteiger partial charge in [0.05, 0.1) is 26.3 Å². The first-order valence-electron chi connectivity index (χ1n) is 8.92. The minimum atomic E-state index is -0.526. The Kier molecular flexibility index (Phi) is 5.64. The van der Waals surface area contributed by atoms with Crippen LogP contribution in [0.1, 0.15) is 12.5 Å². The minimum absolute atomic E-state index is 0.0385. The molecule has 1 saturated heterocycles. The molecule has 1 aliphatic rings. The first kappa shape index (κ1) is 18.8. The first-order chi connectivity index (χ1) is 13.0. The third kappa shape index (κ3) is 3.89. The number of carbonyl (C=O) groups excluding carboxylic acids is 2. The van der Waals surface area contributed by atoms with Crippen molar-refractivity contribution in [3.63, 3.8) is 0 Å². The normalized spacial score (nSPS) is 17.0. The molecule has 6 nitrogen and oxygen atoms in total. The maximum atomic E-state index is 13.0. The highest BCUT2D eigenvalue weighted by Gasteiger charge is 2.35. The lowest BCUT2D eigenvalue weighted by atomic mass is 10.1. The number of hydrogen-bond donors (Lipinski definition) is 0. The molecule has 1 fully saturated rings. The summed E-state index contributed by atoms with van der Waals surface area (Å²) in [5.74, 6) is 1.07. The second-order valence-electron chi connectivity index (χ2n) is 6.45. The molecule has 2 aromatic carbocycles. The number of carbonyl (C=O) groups is 2. The Morgan fingerprint density at radius 1 is 1.07 bits per heavy atom. The van der Waals surface area contributed by atoms with E-state index in [1.54, 1.807) is 43.1 Å². The number of ether oxygens (including phenoxy) is 2. The molecule has 0 aliphatic carbocycles. The molecular formula is C21H24N2O4. The lowest BCUT2D eigenvalue weighted by molar-refractivity contribution is -0.140. The van der Waals surface area contributed by atoms with Crippen LogP contribution in [0.25, 0.3) is 0 Å². The number of hydrogen-bond acceptors (Lipinski definition) is 4. The Morgan fingerprint density at radius 2 is 1.81 bits per heavy atom. The summed E-state index contributed by atoms with van der Waals surface area (Å²) < 4.78 is 10.6. The molecule has 1 unspecified atom stereocenters. The van der Waals surface area contributed by atoms with Gasteiger partial charge >= 0.3 is 0 Å². The zero-order valence-corrected chi connectivity index (χ0v) is 15.8. The van der Waals surface area contributed by atoms with E-state index >= 15 is 0 Å². The van der Waals surface area contributed by atoms with E-state index in [-0.39, 0.29) is 11.8 Å². The van der Waals surface area contributed by atoms with Crippen molar-refractivity contribution in [1.82, 2.24) is 4.90 Å². The van der Waals surface area contributed by atoms with Crippen molar-refractivity contribution < 1.29 is 19.1 Å². The highest BCUT2D eigenvalue weighted by Crippen LogP contribution is 2.34. The van der Waals surface area contributed by atoms with Gasteiger partial charge < -0.3 is 19.3 Å². The van der Waals surface area contributed by atoms with Crippen LogP contribution in [0.3, 0.4) is 0 Å². The maximum absolute atomic E-state index is 13.0. The second-order valence-corrected chi connectivity index (χ2v) is 6.45. The van der Waals surface area contributed by atoms with E-state index in [1.165, 1.54) is 0 Å². The van der Waals surface area contributed by atoms with Gasteiger partial charge in [0.2, 0.25) is 11.8 Å². The van der Waals surface area contributed by atoms with Gasteiger partial charge in [0, 0.05) is 19.2 Å². The first-order valence-corrected chi connectivity index (χ1v) is 8.92. The van der Waals surface area contributed by atoms with Crippen LogP contribution < -0.4 is 14.4 Å². The predicted molar refractivity (Wildman–Crippen MR) is 103 cm³/mol. The van der Waals surface area contributed by atoms with E-state index in [2.05, 4.69) is 0 Å². The molecule has 2 amide bonds. The molecule has 6 heteroatoms. The van der Waals surface area contributed by atoms with Crippen molar-refractivity contribution in [3.8, 4) is 11.5 Å². The summed E-state index contributed by atoms with van der Waals surface area (Å²) in [5, 5.41) is 0. The van der Waals surface area contributed by atoms with Gasteiger partial charge in [-0.05, 0) is 24.6 Å². The molecule has 0 radical (unpaired) electrons. The SMILES string of the molecule is COc1ccc(N2CCN(C(=O)Cc3ccccc3)C(C)C2=O)c(OC)c1. The van der Waals surface area contributed by atoms with Crippen LogP contribution in [0.5, 0.6) is 11.5 Å². The maximum Gasteiger partial charge on any atom is 0.249 e. The molecule has 1 atom stereocenters. The molecule has 2 aromatic rings. The fraction of sp³-hybridized carbons (Fsp3) is 0.333. The highest BCUT2D eigenvalue weighted by atomic mass is 16.5. The van der Waals surface area contributed by atoms with E-state index in [1.807, 2.05) is 36.4 Å². The van der Waals surface area contributed by atoms with E-state index in [0.29, 0.717) is 36.7 Å². The molecule has 142 valence electrons. The fourth-order valence-corrected chi connectivity index (χ4v) is 3.33. The van der Waals surface area contributed by atoms with Gasteiger partial charge in [0.25, 0.3) is 0 Å². The largest absolute Gasteiger partial charge is 0.497 e. The standard InChI is InChI=1S/C21H24N2O4/c1-15-21(25)23(18-10-9-17(26-2)14-19(18)27-3)12-11-22(15)20(24)13-16-7-5-4-6-8-16/h4-10,14-15H,11-13H2,1-3H3. The van der Waals surface area contributed by atoms with E-state index in [0.717, 1.165) is 5.56 Å². The fourth-order valence-electron chi connectivity index (χ4n) is 3.33. The summed E-state index contributed by atoms with van der Waals surface area (Å²) >= 11 is 0. The molecule has 0 spiro atoms. The molecule has 3 rings (SSSR count). The number of methoxy groups -OCH3 is 2. The second kappa shape index (κ2) is 8.12. The molecule has 0 saturated carbocycles. The van der Waals surface area contributed by atoms with Crippen LogP contribution in [0.4, 0.5) is 5.69 Å². The van der Waals surface area contributed by atoms with E-state index < -0.39 is 6.04 Å². The molecule has 0 bridgehead atoms.